The molecule has 4 nitrogen and oxygen atoms in total. The molecule has 1 saturated heterocycles. The van der Waals surface area contributed by atoms with E-state index in [1.165, 1.54) is 11.3 Å². The molecule has 1 aromatic rings. The minimum Gasteiger partial charge on any atom is -0.301 e. The van der Waals surface area contributed by atoms with Crippen molar-refractivity contribution in [3.8, 4) is 0 Å². The first-order valence-electron chi connectivity index (χ1n) is 5.87. The summed E-state index contributed by atoms with van der Waals surface area (Å²) < 4.78 is 25.9. The lowest BCUT2D eigenvalue weighted by molar-refractivity contribution is -0.118. The van der Waals surface area contributed by atoms with Gasteiger partial charge in [-0.05, 0) is 6.42 Å². The number of rotatable bonds is 4. The summed E-state index contributed by atoms with van der Waals surface area (Å²) in [6, 6.07) is -0.835. The molecule has 0 aliphatic carbocycles. The molecule has 1 fully saturated rings. The molecule has 2 heterocycles. The molecule has 1 aliphatic heterocycles. The number of aromatic nitrogens is 1. The van der Waals surface area contributed by atoms with Crippen molar-refractivity contribution in [2.75, 3.05) is 11.9 Å². The topological polar surface area (TPSA) is 54.0 Å². The van der Waals surface area contributed by atoms with Crippen LogP contribution >= 0.6 is 11.3 Å². The van der Waals surface area contributed by atoms with E-state index in [9.17, 15) is 13.6 Å². The van der Waals surface area contributed by atoms with Crippen LogP contribution in [0.25, 0.3) is 0 Å². The van der Waals surface area contributed by atoms with Crippen LogP contribution in [0.1, 0.15) is 24.6 Å². The summed E-state index contributed by atoms with van der Waals surface area (Å²) in [7, 11) is 0. The average molecular weight is 275 g/mol. The van der Waals surface area contributed by atoms with Crippen LogP contribution in [0.5, 0.6) is 0 Å². The Labute approximate surface area is 108 Å². The van der Waals surface area contributed by atoms with Crippen LogP contribution < -0.4 is 10.6 Å². The minimum atomic E-state index is -2.79. The zero-order chi connectivity index (χ0) is 13.2. The van der Waals surface area contributed by atoms with Crippen LogP contribution in [-0.2, 0) is 11.2 Å². The maximum Gasteiger partial charge on any atom is 0.262 e. The smallest absolute Gasteiger partial charge is 0.262 e. The number of carbonyl (C=O) groups is 1. The van der Waals surface area contributed by atoms with Crippen molar-refractivity contribution < 1.29 is 13.6 Å². The van der Waals surface area contributed by atoms with Crippen LogP contribution in [0, 0.1) is 0 Å². The molecular formula is C11H15F2N3OS. The van der Waals surface area contributed by atoms with Crippen LogP contribution in [0.2, 0.25) is 0 Å². The third-order valence-corrected chi connectivity index (χ3v) is 3.68. The Morgan fingerprint density at radius 1 is 1.72 bits per heavy atom. The highest BCUT2D eigenvalue weighted by Crippen LogP contribution is 2.26. The van der Waals surface area contributed by atoms with E-state index in [0.717, 1.165) is 17.7 Å². The fourth-order valence-corrected chi connectivity index (χ4v) is 2.74. The second-order valence-electron chi connectivity index (χ2n) is 4.36. The number of hydrogen-bond donors (Lipinski definition) is 2. The Kier molecular flexibility index (Phi) is 3.91. The minimum absolute atomic E-state index is 0.440. The fourth-order valence-electron chi connectivity index (χ4n) is 1.82. The summed E-state index contributed by atoms with van der Waals surface area (Å²) in [6.45, 7) is 1.62. The fraction of sp³-hybridized carbons (Fsp3) is 0.636. The van der Waals surface area contributed by atoms with E-state index in [0.29, 0.717) is 5.13 Å². The summed E-state index contributed by atoms with van der Waals surface area (Å²) in [5.41, 5.74) is 0. The summed E-state index contributed by atoms with van der Waals surface area (Å²) in [6.07, 6.45) is 3.17. The number of nitrogens with zero attached hydrogens (tertiary/aromatic N) is 1. The highest BCUT2D eigenvalue weighted by molar-refractivity contribution is 7.15. The van der Waals surface area contributed by atoms with Crippen LogP contribution in [0.3, 0.4) is 0 Å². The molecule has 1 aliphatic rings. The van der Waals surface area contributed by atoms with E-state index in [4.69, 9.17) is 0 Å². The molecule has 1 amide bonds. The summed E-state index contributed by atoms with van der Waals surface area (Å²) in [5.74, 6) is -3.23. The Bertz CT molecular complexity index is 436. The molecule has 18 heavy (non-hydrogen) atoms. The lowest BCUT2D eigenvalue weighted by Gasteiger charge is -2.08. The van der Waals surface area contributed by atoms with Gasteiger partial charge in [0.2, 0.25) is 5.91 Å². The van der Waals surface area contributed by atoms with Gasteiger partial charge in [-0.15, -0.1) is 11.3 Å². The van der Waals surface area contributed by atoms with Crippen LogP contribution in [-0.4, -0.2) is 29.4 Å². The summed E-state index contributed by atoms with van der Waals surface area (Å²) in [5, 5.41) is 5.56. The molecule has 0 spiro atoms. The van der Waals surface area contributed by atoms with Gasteiger partial charge in [0.05, 0.1) is 12.6 Å². The van der Waals surface area contributed by atoms with Gasteiger partial charge in [-0.25, -0.2) is 13.8 Å². The van der Waals surface area contributed by atoms with Crippen LogP contribution in [0.4, 0.5) is 13.9 Å². The molecule has 0 bridgehead atoms. The van der Waals surface area contributed by atoms with E-state index in [2.05, 4.69) is 22.5 Å². The van der Waals surface area contributed by atoms with Crippen LogP contribution in [0.15, 0.2) is 6.20 Å². The predicted molar refractivity (Wildman–Crippen MR) is 66.1 cm³/mol. The van der Waals surface area contributed by atoms with Gasteiger partial charge in [-0.1, -0.05) is 13.3 Å². The summed E-state index contributed by atoms with van der Waals surface area (Å²) >= 11 is 1.39. The molecule has 100 valence electrons. The SMILES string of the molecule is CCCc1cnc(NC(=O)C2CC(F)(F)CN2)s1. The highest BCUT2D eigenvalue weighted by Gasteiger charge is 2.42. The number of thiazole rings is 1. The third kappa shape index (κ3) is 3.23. The number of nitrogens with one attached hydrogen (secondary N) is 2. The van der Waals surface area contributed by atoms with Gasteiger partial charge in [0.15, 0.2) is 5.13 Å². The molecule has 1 atom stereocenters. The molecule has 1 aromatic heterocycles. The van der Waals surface area contributed by atoms with E-state index < -0.39 is 30.8 Å². The largest absolute Gasteiger partial charge is 0.301 e. The first-order valence-corrected chi connectivity index (χ1v) is 6.68. The number of anilines is 1. The summed E-state index contributed by atoms with van der Waals surface area (Å²) in [4.78, 5) is 16.9. The average Bonchev–Trinajstić information content (AvgIpc) is 2.86. The number of carbonyl (C=O) groups excluding carboxylic acids is 1. The first-order chi connectivity index (χ1) is 8.50. The molecule has 7 heteroatoms. The van der Waals surface area contributed by atoms with E-state index in [-0.39, 0.29) is 0 Å². The van der Waals surface area contributed by atoms with E-state index in [1.54, 1.807) is 6.20 Å². The molecule has 2 rings (SSSR count). The first kappa shape index (κ1) is 13.4. The third-order valence-electron chi connectivity index (χ3n) is 2.71. The second-order valence-corrected chi connectivity index (χ2v) is 5.48. The van der Waals surface area contributed by atoms with Crippen molar-refractivity contribution in [2.24, 2.45) is 0 Å². The Hall–Kier alpha value is -1.08. The van der Waals surface area contributed by atoms with Crippen molar-refractivity contribution in [3.63, 3.8) is 0 Å². The van der Waals surface area contributed by atoms with Gasteiger partial charge < -0.3 is 5.32 Å². The van der Waals surface area contributed by atoms with Gasteiger partial charge in [0.1, 0.15) is 0 Å². The van der Waals surface area contributed by atoms with E-state index >= 15 is 0 Å². The molecule has 2 N–H and O–H groups in total. The molecule has 0 radical (unpaired) electrons. The number of amides is 1. The zero-order valence-corrected chi connectivity index (χ0v) is 10.8. The highest BCUT2D eigenvalue weighted by atomic mass is 32.1. The molecular weight excluding hydrogens is 260 g/mol. The quantitative estimate of drug-likeness (QED) is 0.884. The van der Waals surface area contributed by atoms with Crippen molar-refractivity contribution in [1.82, 2.24) is 10.3 Å². The van der Waals surface area contributed by atoms with Gasteiger partial charge in [0, 0.05) is 17.5 Å². The maximum atomic E-state index is 12.9. The molecule has 0 aromatic carbocycles. The molecule has 0 saturated carbocycles. The van der Waals surface area contributed by atoms with Gasteiger partial charge in [-0.3, -0.25) is 10.1 Å². The van der Waals surface area contributed by atoms with Gasteiger partial charge in [0.25, 0.3) is 5.92 Å². The number of aryl methyl sites for hydroxylation is 1. The number of alkyl halides is 2. The van der Waals surface area contributed by atoms with Crippen molar-refractivity contribution >= 4 is 22.4 Å². The molecule has 1 unspecified atom stereocenters. The standard InChI is InChI=1S/C11H15F2N3OS/c1-2-3-7-5-14-10(18-7)16-9(17)8-4-11(12,13)6-15-8/h5,8,15H,2-4,6H2,1H3,(H,14,16,17). The second kappa shape index (κ2) is 5.27. The normalized spacial score (nSPS) is 22.1. The predicted octanol–water partition coefficient (Wildman–Crippen LogP) is 2.03. The van der Waals surface area contributed by atoms with Crippen molar-refractivity contribution in [3.05, 3.63) is 11.1 Å². The van der Waals surface area contributed by atoms with Gasteiger partial charge in [-0.2, -0.15) is 0 Å². The Balaban J connectivity index is 1.91. The number of halogens is 2. The van der Waals surface area contributed by atoms with Crippen molar-refractivity contribution in [2.45, 2.75) is 38.2 Å². The Morgan fingerprint density at radius 2 is 2.50 bits per heavy atom. The lowest BCUT2D eigenvalue weighted by atomic mass is 10.2. The van der Waals surface area contributed by atoms with Crippen molar-refractivity contribution in [1.29, 1.82) is 0 Å². The number of hydrogen-bond acceptors (Lipinski definition) is 4. The van der Waals surface area contributed by atoms with Gasteiger partial charge >= 0.3 is 0 Å². The Morgan fingerprint density at radius 3 is 3.11 bits per heavy atom. The van der Waals surface area contributed by atoms with E-state index in [1.807, 2.05) is 0 Å². The zero-order valence-electron chi connectivity index (χ0n) is 10.0. The maximum absolute atomic E-state index is 12.9. The lowest BCUT2D eigenvalue weighted by Crippen LogP contribution is -2.35. The monoisotopic (exact) mass is 275 g/mol.